The van der Waals surface area contributed by atoms with E-state index in [1.54, 1.807) is 0 Å². The van der Waals surface area contributed by atoms with Crippen LogP contribution in [0.5, 0.6) is 0 Å². The summed E-state index contributed by atoms with van der Waals surface area (Å²) in [6, 6.07) is 19.8. The molecule has 2 aromatic carbocycles. The molecule has 1 aliphatic heterocycles. The lowest BCUT2D eigenvalue weighted by atomic mass is 9.88. The van der Waals surface area contributed by atoms with Gasteiger partial charge in [0.1, 0.15) is 0 Å². The molecular formula is C23H31N4O2+. The molecule has 5 N–H and O–H groups in total. The Hall–Kier alpha value is -2.70. The lowest BCUT2D eigenvalue weighted by Gasteiger charge is -2.37. The lowest BCUT2D eigenvalue weighted by molar-refractivity contribution is -0.936. The molecule has 1 fully saturated rings. The van der Waals surface area contributed by atoms with Crippen molar-refractivity contribution in [2.75, 3.05) is 7.05 Å². The van der Waals surface area contributed by atoms with Crippen LogP contribution < -0.4 is 16.1 Å². The first-order chi connectivity index (χ1) is 14.0. The zero-order valence-corrected chi connectivity index (χ0v) is 16.9. The van der Waals surface area contributed by atoms with E-state index >= 15 is 0 Å². The molecule has 0 radical (unpaired) electrons. The van der Waals surface area contributed by atoms with Gasteiger partial charge in [0.25, 0.3) is 0 Å². The van der Waals surface area contributed by atoms with Crippen LogP contribution in [-0.2, 0) is 0 Å². The molecule has 1 heterocycles. The van der Waals surface area contributed by atoms with Crippen LogP contribution >= 0.6 is 0 Å². The lowest BCUT2D eigenvalue weighted by Crippen LogP contribution is -3.17. The van der Waals surface area contributed by atoms with Crippen molar-refractivity contribution in [1.82, 2.24) is 5.43 Å². The summed E-state index contributed by atoms with van der Waals surface area (Å²) in [4.78, 5) is 12.6. The number of primary amides is 1. The Kier molecular flexibility index (Phi) is 7.38. The molecule has 29 heavy (non-hydrogen) atoms. The number of rotatable bonds is 7. The van der Waals surface area contributed by atoms with E-state index in [2.05, 4.69) is 17.6 Å². The molecule has 0 bridgehead atoms. The van der Waals surface area contributed by atoms with Crippen molar-refractivity contribution in [3.05, 3.63) is 71.8 Å². The van der Waals surface area contributed by atoms with Gasteiger partial charge in [-0.3, -0.25) is 0 Å². The van der Waals surface area contributed by atoms with E-state index in [-0.39, 0.29) is 0 Å². The van der Waals surface area contributed by atoms with Gasteiger partial charge < -0.3 is 15.7 Å². The summed E-state index contributed by atoms with van der Waals surface area (Å²) in [6.45, 7) is 0. The SMILES string of the molecule is C[NH+]1[C@@H](C/C(=N/NC(N)=O)c2ccccc2)CCC[C@H]1C[C@@H](O)c1ccccc1. The molecule has 1 saturated heterocycles. The number of hydrogen-bond donors (Lipinski definition) is 4. The number of amides is 2. The van der Waals surface area contributed by atoms with E-state index < -0.39 is 12.1 Å². The maximum atomic E-state index is 11.2. The quantitative estimate of drug-likeness (QED) is 0.427. The number of quaternary nitrogens is 1. The summed E-state index contributed by atoms with van der Waals surface area (Å²) in [5.41, 5.74) is 10.4. The molecule has 3 rings (SSSR count). The summed E-state index contributed by atoms with van der Waals surface area (Å²) in [5, 5.41) is 15.0. The predicted octanol–water partition coefficient (Wildman–Crippen LogP) is 2.01. The second kappa shape index (κ2) is 10.2. The monoisotopic (exact) mass is 395 g/mol. The first kappa shape index (κ1) is 21.0. The summed E-state index contributed by atoms with van der Waals surface area (Å²) in [7, 11) is 2.20. The van der Waals surface area contributed by atoms with Crippen molar-refractivity contribution in [1.29, 1.82) is 0 Å². The molecule has 2 aromatic rings. The summed E-state index contributed by atoms with van der Waals surface area (Å²) in [5.74, 6) is 0. The molecule has 1 unspecified atom stereocenters. The maximum Gasteiger partial charge on any atom is 0.332 e. The second-order valence-corrected chi connectivity index (χ2v) is 7.84. The van der Waals surface area contributed by atoms with Crippen molar-refractivity contribution in [3.8, 4) is 0 Å². The maximum absolute atomic E-state index is 11.2. The number of nitrogens with two attached hydrogens (primary N) is 1. The van der Waals surface area contributed by atoms with Crippen molar-refractivity contribution in [3.63, 3.8) is 0 Å². The average molecular weight is 396 g/mol. The third-order valence-electron chi connectivity index (χ3n) is 5.93. The van der Waals surface area contributed by atoms with Gasteiger partial charge in [-0.2, -0.15) is 5.10 Å². The number of hydrogen-bond acceptors (Lipinski definition) is 3. The largest absolute Gasteiger partial charge is 0.388 e. The molecule has 154 valence electrons. The number of nitrogens with one attached hydrogen (secondary N) is 2. The summed E-state index contributed by atoms with van der Waals surface area (Å²) >= 11 is 0. The zero-order chi connectivity index (χ0) is 20.6. The van der Waals surface area contributed by atoms with E-state index in [0.29, 0.717) is 12.1 Å². The van der Waals surface area contributed by atoms with Crippen molar-refractivity contribution in [2.45, 2.75) is 50.3 Å². The van der Waals surface area contributed by atoms with Crippen LogP contribution in [0, 0.1) is 0 Å². The van der Waals surface area contributed by atoms with Gasteiger partial charge in [-0.25, -0.2) is 10.2 Å². The van der Waals surface area contributed by atoms with Crippen LogP contribution in [-0.4, -0.2) is 36.0 Å². The fourth-order valence-corrected chi connectivity index (χ4v) is 4.26. The Morgan fingerprint density at radius 3 is 2.41 bits per heavy atom. The molecule has 2 amide bonds. The number of carbonyl (C=O) groups is 1. The highest BCUT2D eigenvalue weighted by Crippen LogP contribution is 2.22. The molecule has 1 aliphatic rings. The zero-order valence-electron chi connectivity index (χ0n) is 16.9. The van der Waals surface area contributed by atoms with Crippen LogP contribution in [0.25, 0.3) is 0 Å². The van der Waals surface area contributed by atoms with Crippen molar-refractivity contribution < 1.29 is 14.8 Å². The minimum Gasteiger partial charge on any atom is -0.388 e. The topological polar surface area (TPSA) is 92.1 Å². The molecule has 0 spiro atoms. The Bertz CT molecular complexity index is 810. The van der Waals surface area contributed by atoms with Crippen LogP contribution in [0.4, 0.5) is 4.79 Å². The Labute approximate surface area is 172 Å². The van der Waals surface area contributed by atoms with E-state index in [4.69, 9.17) is 5.73 Å². The number of hydrazone groups is 1. The summed E-state index contributed by atoms with van der Waals surface area (Å²) in [6.07, 6.45) is 4.35. The fraction of sp³-hybridized carbons (Fsp3) is 0.391. The molecular weight excluding hydrogens is 364 g/mol. The number of urea groups is 1. The molecule has 0 aliphatic carbocycles. The normalized spacial score (nSPS) is 23.4. The van der Waals surface area contributed by atoms with Crippen molar-refractivity contribution >= 4 is 11.7 Å². The molecule has 0 aromatic heterocycles. The van der Waals surface area contributed by atoms with E-state index in [1.165, 1.54) is 4.90 Å². The first-order valence-electron chi connectivity index (χ1n) is 10.3. The average Bonchev–Trinajstić information content (AvgIpc) is 2.74. The highest BCUT2D eigenvalue weighted by atomic mass is 16.3. The summed E-state index contributed by atoms with van der Waals surface area (Å²) < 4.78 is 0. The van der Waals surface area contributed by atoms with Crippen LogP contribution in [0.15, 0.2) is 65.8 Å². The van der Waals surface area contributed by atoms with Crippen LogP contribution in [0.3, 0.4) is 0 Å². The number of nitrogens with zero attached hydrogens (tertiary/aromatic N) is 1. The van der Waals surface area contributed by atoms with Gasteiger partial charge in [0.15, 0.2) is 0 Å². The van der Waals surface area contributed by atoms with E-state index in [1.807, 2.05) is 60.7 Å². The Morgan fingerprint density at radius 2 is 1.76 bits per heavy atom. The third-order valence-corrected chi connectivity index (χ3v) is 5.93. The molecule has 6 heteroatoms. The third kappa shape index (κ3) is 5.89. The van der Waals surface area contributed by atoms with Crippen LogP contribution in [0.2, 0.25) is 0 Å². The van der Waals surface area contributed by atoms with Crippen LogP contribution in [0.1, 0.15) is 49.3 Å². The number of likely N-dealkylation sites (tertiary alicyclic amines) is 1. The van der Waals surface area contributed by atoms with E-state index in [9.17, 15) is 9.90 Å². The predicted molar refractivity (Wildman–Crippen MR) is 115 cm³/mol. The molecule has 6 nitrogen and oxygen atoms in total. The highest BCUT2D eigenvalue weighted by Gasteiger charge is 2.34. The number of aliphatic hydroxyl groups is 1. The smallest absolute Gasteiger partial charge is 0.332 e. The molecule has 4 atom stereocenters. The van der Waals surface area contributed by atoms with Gasteiger partial charge in [0.2, 0.25) is 0 Å². The van der Waals surface area contributed by atoms with Gasteiger partial charge in [-0.05, 0) is 30.4 Å². The van der Waals surface area contributed by atoms with Gasteiger partial charge >= 0.3 is 6.03 Å². The Balaban J connectivity index is 1.70. The van der Waals surface area contributed by atoms with Crippen molar-refractivity contribution in [2.24, 2.45) is 10.8 Å². The first-order valence-corrected chi connectivity index (χ1v) is 10.3. The number of carbonyl (C=O) groups excluding carboxylic acids is 1. The molecule has 0 saturated carbocycles. The van der Waals surface area contributed by atoms with Gasteiger partial charge in [0.05, 0.1) is 30.9 Å². The number of benzene rings is 2. The minimum atomic E-state index is -0.661. The van der Waals surface area contributed by atoms with Gasteiger partial charge in [-0.15, -0.1) is 0 Å². The van der Waals surface area contributed by atoms with Gasteiger partial charge in [0, 0.05) is 12.8 Å². The van der Waals surface area contributed by atoms with E-state index in [0.717, 1.165) is 48.9 Å². The van der Waals surface area contributed by atoms with Gasteiger partial charge in [-0.1, -0.05) is 60.7 Å². The number of aliphatic hydroxyl groups excluding tert-OH is 1. The second-order valence-electron chi connectivity index (χ2n) is 7.84. The highest BCUT2D eigenvalue weighted by molar-refractivity contribution is 6.01. The minimum absolute atomic E-state index is 0.366. The standard InChI is InChI=1S/C23H30N4O2/c1-27-19(15-21(25-26-23(24)29)17-9-4-2-5-10-17)13-8-14-20(27)16-22(28)18-11-6-3-7-12-18/h2-7,9-12,19-20,22,28H,8,13-16H2,1H3,(H3,24,26,29)/p+1/b25-21-/t19-,20+,22-/m1/s1. The fourth-order valence-electron chi connectivity index (χ4n) is 4.26. The Morgan fingerprint density at radius 1 is 1.14 bits per heavy atom. The number of piperidine rings is 1.